The lowest BCUT2D eigenvalue weighted by Crippen LogP contribution is -2.32. The van der Waals surface area contributed by atoms with Crippen molar-refractivity contribution in [2.24, 2.45) is 0 Å². The monoisotopic (exact) mass is 742 g/mol. The van der Waals surface area contributed by atoms with Crippen LogP contribution in [-0.2, 0) is 16.1 Å². The first-order valence-corrected chi connectivity index (χ1v) is 17.0. The van der Waals surface area contributed by atoms with Crippen molar-refractivity contribution in [1.82, 2.24) is 19.4 Å². The zero-order chi connectivity index (χ0) is 39.1. The number of aromatic nitrogens is 4. The molecule has 7 aromatic rings. The van der Waals surface area contributed by atoms with Crippen LogP contribution in [0.2, 0.25) is 0 Å². The lowest BCUT2D eigenvalue weighted by molar-refractivity contribution is 0.0501. The predicted octanol–water partition coefficient (Wildman–Crippen LogP) is 5.76. The van der Waals surface area contributed by atoms with Gasteiger partial charge in [-0.05, 0) is 53.8 Å². The molecule has 14 heteroatoms. The number of ether oxygens (including phenoxy) is 2. The Kier molecular flexibility index (Phi) is 11.2. The molecular formula is C41H34N4O10. The van der Waals surface area contributed by atoms with Crippen LogP contribution in [0.15, 0.2) is 125 Å². The van der Waals surface area contributed by atoms with E-state index < -0.39 is 45.7 Å². The molecule has 4 aromatic heterocycles. The van der Waals surface area contributed by atoms with E-state index in [1.54, 1.807) is 50.2 Å². The first-order chi connectivity index (χ1) is 26.7. The molecule has 278 valence electrons. The molecule has 0 unspecified atom stereocenters. The fourth-order valence-corrected chi connectivity index (χ4v) is 5.86. The molecule has 55 heavy (non-hydrogen) atoms. The Morgan fingerprint density at radius 2 is 1.05 bits per heavy atom. The largest absolute Gasteiger partial charge is 0.506 e. The minimum absolute atomic E-state index is 0.0275. The zero-order valence-corrected chi connectivity index (χ0v) is 29.6. The van der Waals surface area contributed by atoms with E-state index in [-0.39, 0.29) is 46.6 Å². The molecule has 0 saturated heterocycles. The van der Waals surface area contributed by atoms with Crippen molar-refractivity contribution >= 4 is 34.0 Å². The van der Waals surface area contributed by atoms with Gasteiger partial charge in [-0.3, -0.25) is 9.59 Å². The van der Waals surface area contributed by atoms with Gasteiger partial charge in [0.2, 0.25) is 0 Å². The van der Waals surface area contributed by atoms with Crippen LogP contribution < -0.4 is 16.0 Å². The summed E-state index contributed by atoms with van der Waals surface area (Å²) in [6, 6.07) is 30.9. The second-order valence-electron chi connectivity index (χ2n) is 11.7. The van der Waals surface area contributed by atoms with Crippen molar-refractivity contribution in [2.75, 3.05) is 13.2 Å². The average molecular weight is 743 g/mol. The van der Waals surface area contributed by atoms with Crippen LogP contribution in [-0.4, -0.2) is 60.0 Å². The average Bonchev–Trinajstić information content (AvgIpc) is 3.21. The molecule has 0 atom stereocenters. The van der Waals surface area contributed by atoms with Crippen LogP contribution in [0.25, 0.3) is 44.3 Å². The van der Waals surface area contributed by atoms with Crippen LogP contribution in [0.4, 0.5) is 0 Å². The highest BCUT2D eigenvalue weighted by molar-refractivity contribution is 6.05. The molecule has 0 radical (unpaired) electrons. The number of nitrogens with zero attached hydrogens (tertiary/aromatic N) is 4. The van der Waals surface area contributed by atoms with E-state index in [2.05, 4.69) is 9.97 Å². The van der Waals surface area contributed by atoms with E-state index in [4.69, 9.17) is 14.3 Å². The Bertz CT molecular complexity index is 2630. The Labute approximate surface area is 312 Å². The number of esters is 2. The van der Waals surface area contributed by atoms with E-state index in [0.717, 1.165) is 21.4 Å². The van der Waals surface area contributed by atoms with E-state index in [0.29, 0.717) is 11.1 Å². The number of fused-ring (bicyclic) bond motifs is 2. The number of carbonyl (C=O) groups excluding carboxylic acids is 2. The SMILES string of the molecule is CCOC(=O)c1c(O)c2c(-c3ccccc3)ccnc2n(O)c1=O.CCOC(=O)c1c(O)c2c(-c3ccccc3)ccnc2n(OCc2ccccc2)c1=O. The standard InChI is InChI=1S/C24H20N2O5.C17H14N2O5/c1-2-30-24(29)20-21(27)19-18(17-11-7-4-8-12-17)13-14-25-22(19)26(23(20)28)31-15-16-9-5-3-6-10-16;1-2-24-17(22)13-14(20)12-11(10-6-4-3-5-7-10)8-9-18-15(12)19(23)16(13)21/h3-14,27H,2,15H2,1H3;3-9,20,23H,2H2,1H3. The summed E-state index contributed by atoms with van der Waals surface area (Å²) >= 11 is 0. The maximum atomic E-state index is 13.1. The van der Waals surface area contributed by atoms with Crippen molar-refractivity contribution in [3.63, 3.8) is 0 Å². The summed E-state index contributed by atoms with van der Waals surface area (Å²) in [4.78, 5) is 63.8. The van der Waals surface area contributed by atoms with Crippen LogP contribution in [0.5, 0.6) is 11.5 Å². The fraction of sp³-hybridized carbons (Fsp3) is 0.122. The lowest BCUT2D eigenvalue weighted by atomic mass is 10.0. The van der Waals surface area contributed by atoms with Gasteiger partial charge in [-0.15, -0.1) is 9.46 Å². The summed E-state index contributed by atoms with van der Waals surface area (Å²) in [6.07, 6.45) is 2.93. The molecule has 0 saturated carbocycles. The number of benzene rings is 3. The maximum absolute atomic E-state index is 13.1. The summed E-state index contributed by atoms with van der Waals surface area (Å²) in [5.74, 6) is -2.98. The van der Waals surface area contributed by atoms with Gasteiger partial charge in [-0.2, -0.15) is 0 Å². The second-order valence-corrected chi connectivity index (χ2v) is 11.7. The molecule has 0 aliphatic heterocycles. The number of rotatable bonds is 9. The van der Waals surface area contributed by atoms with Gasteiger partial charge in [-0.25, -0.2) is 19.6 Å². The Hall–Kier alpha value is -7.48. The molecule has 4 heterocycles. The summed E-state index contributed by atoms with van der Waals surface area (Å²) in [5.41, 5.74) is 0.379. The van der Waals surface area contributed by atoms with Gasteiger partial charge in [0, 0.05) is 12.4 Å². The van der Waals surface area contributed by atoms with Crippen molar-refractivity contribution in [3.8, 4) is 33.8 Å². The summed E-state index contributed by atoms with van der Waals surface area (Å²) < 4.78 is 11.0. The normalized spacial score (nSPS) is 10.7. The zero-order valence-electron chi connectivity index (χ0n) is 29.6. The molecule has 3 N–H and O–H groups in total. The first-order valence-electron chi connectivity index (χ1n) is 17.0. The van der Waals surface area contributed by atoms with Gasteiger partial charge < -0.3 is 29.7 Å². The highest BCUT2D eigenvalue weighted by atomic mass is 16.7. The highest BCUT2D eigenvalue weighted by Gasteiger charge is 2.28. The van der Waals surface area contributed by atoms with Crippen LogP contribution >= 0.6 is 0 Å². The molecular weight excluding hydrogens is 708 g/mol. The summed E-state index contributed by atoms with van der Waals surface area (Å²) in [7, 11) is 0. The van der Waals surface area contributed by atoms with Gasteiger partial charge in [0.1, 0.15) is 18.1 Å². The van der Waals surface area contributed by atoms with Gasteiger partial charge >= 0.3 is 23.1 Å². The van der Waals surface area contributed by atoms with Gasteiger partial charge in [0.15, 0.2) is 22.4 Å². The van der Waals surface area contributed by atoms with E-state index in [1.807, 2.05) is 66.7 Å². The minimum Gasteiger partial charge on any atom is -0.506 e. The van der Waals surface area contributed by atoms with Crippen molar-refractivity contribution in [2.45, 2.75) is 20.5 Å². The Balaban J connectivity index is 0.000000193. The molecule has 0 aliphatic rings. The minimum atomic E-state index is -1.09. The third-order valence-electron chi connectivity index (χ3n) is 8.34. The van der Waals surface area contributed by atoms with E-state index in [9.17, 15) is 34.6 Å². The lowest BCUT2D eigenvalue weighted by Gasteiger charge is -2.16. The molecule has 0 aliphatic carbocycles. The quantitative estimate of drug-likeness (QED) is 0.120. The molecule has 0 fully saturated rings. The smallest absolute Gasteiger partial charge is 0.347 e. The molecule has 0 spiro atoms. The maximum Gasteiger partial charge on any atom is 0.347 e. The first kappa shape index (κ1) is 37.3. The Morgan fingerprint density at radius 1 is 0.618 bits per heavy atom. The number of pyridine rings is 4. The van der Waals surface area contributed by atoms with E-state index >= 15 is 0 Å². The molecule has 3 aromatic carbocycles. The van der Waals surface area contributed by atoms with Gasteiger partial charge in [0.25, 0.3) is 0 Å². The molecule has 7 rings (SSSR count). The Morgan fingerprint density at radius 3 is 1.55 bits per heavy atom. The molecule has 0 bridgehead atoms. The second kappa shape index (κ2) is 16.5. The van der Waals surface area contributed by atoms with Gasteiger partial charge in [0.05, 0.1) is 24.0 Å². The van der Waals surface area contributed by atoms with Crippen molar-refractivity contribution < 1.29 is 39.3 Å². The van der Waals surface area contributed by atoms with Gasteiger partial charge in [-0.1, -0.05) is 91.0 Å². The summed E-state index contributed by atoms with van der Waals surface area (Å²) in [6.45, 7) is 3.35. The number of carbonyl (C=O) groups is 2. The highest BCUT2D eigenvalue weighted by Crippen LogP contribution is 2.36. The van der Waals surface area contributed by atoms with Crippen LogP contribution in [0.3, 0.4) is 0 Å². The molecule has 0 amide bonds. The number of aromatic hydroxyl groups is 2. The fourth-order valence-electron chi connectivity index (χ4n) is 5.86. The number of hydrogen-bond donors (Lipinski definition) is 3. The van der Waals surface area contributed by atoms with Crippen LogP contribution in [0.1, 0.15) is 40.1 Å². The molecule has 14 nitrogen and oxygen atoms in total. The topological polar surface area (TPSA) is 192 Å². The third-order valence-corrected chi connectivity index (χ3v) is 8.34. The third kappa shape index (κ3) is 7.41. The summed E-state index contributed by atoms with van der Waals surface area (Å²) in [5, 5.41) is 31.9. The van der Waals surface area contributed by atoms with Crippen molar-refractivity contribution in [3.05, 3.63) is 153 Å². The number of hydrogen-bond acceptors (Lipinski definition) is 12. The van der Waals surface area contributed by atoms with E-state index in [1.165, 1.54) is 12.4 Å². The predicted molar refractivity (Wildman–Crippen MR) is 202 cm³/mol. The van der Waals surface area contributed by atoms with Crippen molar-refractivity contribution in [1.29, 1.82) is 0 Å². The van der Waals surface area contributed by atoms with Crippen LogP contribution in [0, 0.1) is 0 Å².